The summed E-state index contributed by atoms with van der Waals surface area (Å²) in [4.78, 5) is 21.5. The molecule has 3 aliphatic heterocycles. The Bertz CT molecular complexity index is 1450. The Balaban J connectivity index is 1.30. The fourth-order valence-electron chi connectivity index (χ4n) is 4.63. The molecule has 8 nitrogen and oxygen atoms in total. The first kappa shape index (κ1) is 24.0. The molecule has 3 aromatic carbocycles. The molecule has 11 heteroatoms. The molecule has 3 aliphatic rings. The van der Waals surface area contributed by atoms with Gasteiger partial charge in [-0.2, -0.15) is 13.2 Å². The highest BCUT2D eigenvalue weighted by molar-refractivity contribution is 6.04. The Morgan fingerprint density at radius 1 is 0.895 bits per heavy atom. The van der Waals surface area contributed by atoms with E-state index in [0.717, 1.165) is 12.1 Å². The van der Waals surface area contributed by atoms with Crippen molar-refractivity contribution in [1.82, 2.24) is 9.80 Å². The van der Waals surface area contributed by atoms with Crippen LogP contribution in [0.5, 0.6) is 28.7 Å². The molecule has 0 atom stereocenters. The number of piperazine rings is 1. The zero-order chi connectivity index (χ0) is 26.4. The van der Waals surface area contributed by atoms with Crippen molar-refractivity contribution >= 4 is 17.4 Å². The van der Waals surface area contributed by atoms with E-state index in [9.17, 15) is 18.0 Å². The number of benzene rings is 3. The highest BCUT2D eigenvalue weighted by Crippen LogP contribution is 2.42. The van der Waals surface area contributed by atoms with Crippen molar-refractivity contribution in [3.63, 3.8) is 0 Å². The first-order chi connectivity index (χ1) is 18.3. The second-order valence-corrected chi connectivity index (χ2v) is 8.93. The van der Waals surface area contributed by atoms with E-state index in [1.165, 1.54) is 13.2 Å². The van der Waals surface area contributed by atoms with Crippen molar-refractivity contribution < 1.29 is 36.9 Å². The van der Waals surface area contributed by atoms with E-state index in [2.05, 4.69) is 4.99 Å². The number of hydrogen-bond donors (Lipinski definition) is 0. The topological polar surface area (TPSA) is 72.8 Å². The number of ether oxygens (including phenoxy) is 4. The van der Waals surface area contributed by atoms with Crippen LogP contribution in [0.3, 0.4) is 0 Å². The minimum absolute atomic E-state index is 0.0730. The van der Waals surface area contributed by atoms with Gasteiger partial charge >= 0.3 is 6.18 Å². The number of fused-ring (bicyclic) bond motifs is 3. The number of methoxy groups -OCH3 is 1. The van der Waals surface area contributed by atoms with E-state index in [4.69, 9.17) is 18.9 Å². The Kier molecular flexibility index (Phi) is 5.77. The fraction of sp³-hybridized carbons (Fsp3) is 0.259. The molecule has 0 aliphatic carbocycles. The van der Waals surface area contributed by atoms with Crippen LogP contribution in [0.1, 0.15) is 21.5 Å². The van der Waals surface area contributed by atoms with Gasteiger partial charge in [0.2, 0.25) is 6.79 Å². The zero-order valence-electron chi connectivity index (χ0n) is 20.2. The maximum Gasteiger partial charge on any atom is 0.416 e. The van der Waals surface area contributed by atoms with Gasteiger partial charge in [0.25, 0.3) is 5.91 Å². The number of halogens is 3. The molecule has 3 aromatic rings. The summed E-state index contributed by atoms with van der Waals surface area (Å²) in [6, 6.07) is 13.5. The summed E-state index contributed by atoms with van der Waals surface area (Å²) < 4.78 is 62.4. The first-order valence-corrected chi connectivity index (χ1v) is 11.9. The SMILES string of the molecule is COc1ccc2c(c1)C(N1CCN(C(=O)c3ccc4c(c3)OCO4)CC1)=Nc1cc(C(F)(F)F)ccc1O2. The van der Waals surface area contributed by atoms with Crippen molar-refractivity contribution in [2.24, 2.45) is 4.99 Å². The summed E-state index contributed by atoms with van der Waals surface area (Å²) in [7, 11) is 1.53. The lowest BCUT2D eigenvalue weighted by Crippen LogP contribution is -2.50. The third kappa shape index (κ3) is 4.33. The van der Waals surface area contributed by atoms with Crippen LogP contribution in [0.15, 0.2) is 59.6 Å². The quantitative estimate of drug-likeness (QED) is 0.465. The van der Waals surface area contributed by atoms with Crippen molar-refractivity contribution in [2.75, 3.05) is 40.1 Å². The lowest BCUT2D eigenvalue weighted by Gasteiger charge is -2.36. The van der Waals surface area contributed by atoms with Crippen LogP contribution in [-0.4, -0.2) is 61.6 Å². The molecule has 0 aromatic heterocycles. The predicted octanol–water partition coefficient (Wildman–Crippen LogP) is 5.08. The molecule has 0 saturated carbocycles. The van der Waals surface area contributed by atoms with Gasteiger partial charge in [0, 0.05) is 31.7 Å². The monoisotopic (exact) mass is 525 g/mol. The zero-order valence-corrected chi connectivity index (χ0v) is 20.2. The molecule has 6 rings (SSSR count). The Labute approximate surface area is 215 Å². The molecule has 38 heavy (non-hydrogen) atoms. The Morgan fingerprint density at radius 2 is 1.63 bits per heavy atom. The van der Waals surface area contributed by atoms with Gasteiger partial charge < -0.3 is 28.7 Å². The second kappa shape index (κ2) is 9.16. The van der Waals surface area contributed by atoms with E-state index in [1.54, 1.807) is 41.3 Å². The molecule has 1 fully saturated rings. The van der Waals surface area contributed by atoms with Crippen molar-refractivity contribution in [3.8, 4) is 28.7 Å². The molecule has 0 unspecified atom stereocenters. The molecule has 3 heterocycles. The van der Waals surface area contributed by atoms with Crippen molar-refractivity contribution in [1.29, 1.82) is 0 Å². The number of hydrogen-bond acceptors (Lipinski definition) is 7. The molecule has 0 spiro atoms. The summed E-state index contributed by atoms with van der Waals surface area (Å²) in [5.41, 5.74) is 0.339. The number of nitrogens with zero attached hydrogens (tertiary/aromatic N) is 3. The van der Waals surface area contributed by atoms with Crippen molar-refractivity contribution in [3.05, 3.63) is 71.3 Å². The third-order valence-electron chi connectivity index (χ3n) is 6.65. The third-order valence-corrected chi connectivity index (χ3v) is 6.65. The van der Waals surface area contributed by atoms with Crippen LogP contribution >= 0.6 is 0 Å². The number of amidine groups is 1. The van der Waals surface area contributed by atoms with Crippen molar-refractivity contribution in [2.45, 2.75) is 6.18 Å². The maximum atomic E-state index is 13.4. The van der Waals surface area contributed by atoms with Gasteiger partial charge in [0.05, 0.1) is 18.2 Å². The number of alkyl halides is 3. The molecular formula is C27H22F3N3O5. The molecule has 0 radical (unpaired) electrons. The average Bonchev–Trinajstić information content (AvgIpc) is 3.33. The Hall–Kier alpha value is -4.41. The van der Waals surface area contributed by atoms with Crippen LogP contribution in [0, 0.1) is 0 Å². The second-order valence-electron chi connectivity index (χ2n) is 8.93. The molecule has 1 saturated heterocycles. The van der Waals surface area contributed by atoms with Crippen LogP contribution in [0.4, 0.5) is 18.9 Å². The highest BCUT2D eigenvalue weighted by atomic mass is 19.4. The van der Waals surface area contributed by atoms with Gasteiger partial charge in [0.1, 0.15) is 23.0 Å². The maximum absolute atomic E-state index is 13.4. The Morgan fingerprint density at radius 3 is 2.39 bits per heavy atom. The van der Waals surface area contributed by atoms with Crippen LogP contribution in [0.25, 0.3) is 0 Å². The van der Waals surface area contributed by atoms with Gasteiger partial charge in [0.15, 0.2) is 17.2 Å². The first-order valence-electron chi connectivity index (χ1n) is 11.9. The lowest BCUT2D eigenvalue weighted by atomic mass is 10.1. The van der Waals surface area contributed by atoms with Gasteiger partial charge in [-0.25, -0.2) is 4.99 Å². The summed E-state index contributed by atoms with van der Waals surface area (Å²) in [5, 5.41) is 0. The summed E-state index contributed by atoms with van der Waals surface area (Å²) in [6.07, 6.45) is -4.52. The van der Waals surface area contributed by atoms with Gasteiger partial charge in [-0.1, -0.05) is 0 Å². The summed E-state index contributed by atoms with van der Waals surface area (Å²) in [5.74, 6) is 2.66. The minimum atomic E-state index is -4.52. The van der Waals surface area contributed by atoms with Crippen LogP contribution < -0.4 is 18.9 Å². The highest BCUT2D eigenvalue weighted by Gasteiger charge is 2.33. The summed E-state index contributed by atoms with van der Waals surface area (Å²) >= 11 is 0. The molecule has 0 bridgehead atoms. The minimum Gasteiger partial charge on any atom is -0.497 e. The number of rotatable bonds is 2. The fourth-order valence-corrected chi connectivity index (χ4v) is 4.63. The van der Waals surface area contributed by atoms with Crippen LogP contribution in [0.2, 0.25) is 0 Å². The van der Waals surface area contributed by atoms with E-state index in [1.807, 2.05) is 4.90 Å². The average molecular weight is 525 g/mol. The molecule has 196 valence electrons. The number of amides is 1. The van der Waals surface area contributed by atoms with Crippen LogP contribution in [-0.2, 0) is 6.18 Å². The van der Waals surface area contributed by atoms with E-state index >= 15 is 0 Å². The largest absolute Gasteiger partial charge is 0.497 e. The number of aliphatic imine (C=N–C) groups is 1. The molecule has 0 N–H and O–H groups in total. The van der Waals surface area contributed by atoms with Gasteiger partial charge in [-0.05, 0) is 54.6 Å². The standard InChI is InChI=1S/C27H22F3N3O5/c1-35-18-4-7-21-19(14-18)25(31-20-13-17(27(28,29)30)3-6-22(20)38-21)32-8-10-33(11-9-32)26(34)16-2-5-23-24(12-16)37-15-36-23/h2-7,12-14H,8-11,15H2,1H3. The van der Waals surface area contributed by atoms with E-state index in [0.29, 0.717) is 66.1 Å². The number of carbonyl (C=O) groups excluding carboxylic acids is 1. The molecule has 1 amide bonds. The normalized spacial score (nSPS) is 16.2. The molecular weight excluding hydrogens is 503 g/mol. The van der Waals surface area contributed by atoms with E-state index in [-0.39, 0.29) is 24.1 Å². The van der Waals surface area contributed by atoms with Gasteiger partial charge in [-0.3, -0.25) is 4.79 Å². The predicted molar refractivity (Wildman–Crippen MR) is 131 cm³/mol. The lowest BCUT2D eigenvalue weighted by molar-refractivity contribution is -0.137. The smallest absolute Gasteiger partial charge is 0.416 e. The van der Waals surface area contributed by atoms with E-state index < -0.39 is 11.7 Å². The van der Waals surface area contributed by atoms with Gasteiger partial charge in [-0.15, -0.1) is 0 Å². The number of carbonyl (C=O) groups is 1. The summed E-state index contributed by atoms with van der Waals surface area (Å²) in [6.45, 7) is 1.74.